The molecule has 1 saturated carbocycles. The maximum absolute atomic E-state index is 13.3. The van der Waals surface area contributed by atoms with Crippen molar-refractivity contribution in [1.82, 2.24) is 0 Å². The molecule has 0 bridgehead atoms. The fourth-order valence-electron chi connectivity index (χ4n) is 2.64. The Bertz CT molecular complexity index is 703. The minimum Gasteiger partial charge on any atom is -0.399 e. The van der Waals surface area contributed by atoms with E-state index in [1.807, 2.05) is 12.1 Å². The smallest absolute Gasteiger partial charge is 0.399 e. The highest BCUT2D eigenvalue weighted by Gasteiger charge is 2.34. The van der Waals surface area contributed by atoms with Gasteiger partial charge in [-0.1, -0.05) is 12.1 Å². The van der Waals surface area contributed by atoms with Gasteiger partial charge in [0.25, 0.3) is 0 Å². The summed E-state index contributed by atoms with van der Waals surface area (Å²) >= 11 is 1.77. The van der Waals surface area contributed by atoms with Gasteiger partial charge in [0.1, 0.15) is 0 Å². The number of alkyl halides is 3. The number of thioether (sulfide) groups is 1. The summed E-state index contributed by atoms with van der Waals surface area (Å²) in [4.78, 5) is 1.10. The number of hydrogen-bond donors (Lipinski definition) is 1. The van der Waals surface area contributed by atoms with Crippen molar-refractivity contribution in [1.29, 1.82) is 0 Å². The third kappa shape index (κ3) is 3.83. The Labute approximate surface area is 138 Å². The van der Waals surface area contributed by atoms with Crippen LogP contribution in [0.25, 0.3) is 11.1 Å². The highest BCUT2D eigenvalue weighted by Crippen LogP contribution is 2.41. The topological polar surface area (TPSA) is 26.0 Å². The lowest BCUT2D eigenvalue weighted by molar-refractivity contribution is -0.137. The van der Waals surface area contributed by atoms with Gasteiger partial charge >= 0.3 is 6.18 Å². The van der Waals surface area contributed by atoms with Crippen molar-refractivity contribution in [2.24, 2.45) is 5.92 Å². The summed E-state index contributed by atoms with van der Waals surface area (Å²) < 4.78 is 40.0. The maximum Gasteiger partial charge on any atom is 0.417 e. The molecule has 0 saturated heterocycles. The van der Waals surface area contributed by atoms with Crippen molar-refractivity contribution < 1.29 is 13.2 Å². The lowest BCUT2D eigenvalue weighted by atomic mass is 9.94. The average Bonchev–Trinajstić information content (AvgIpc) is 3.28. The highest BCUT2D eigenvalue weighted by molar-refractivity contribution is 7.99. The minimum atomic E-state index is -4.42. The minimum absolute atomic E-state index is 0.134. The molecule has 0 aliphatic heterocycles. The van der Waals surface area contributed by atoms with E-state index >= 15 is 0 Å². The standard InChI is InChI=1S/C18H18F3NS/c1-11-8-14(22)9-16(18(19,20)21)17(11)13-4-6-15(7-5-13)23-10-12-2-3-12/h4-9,12H,2-3,10,22H2,1H3. The first-order valence-electron chi connectivity index (χ1n) is 7.55. The molecule has 1 aliphatic rings. The summed E-state index contributed by atoms with van der Waals surface area (Å²) in [5.74, 6) is 1.91. The van der Waals surface area contributed by atoms with Crippen molar-refractivity contribution in [3.63, 3.8) is 0 Å². The van der Waals surface area contributed by atoms with Crippen LogP contribution in [0.15, 0.2) is 41.3 Å². The molecule has 1 nitrogen and oxygen atoms in total. The van der Waals surface area contributed by atoms with Gasteiger partial charge in [-0.15, -0.1) is 11.8 Å². The normalized spacial score (nSPS) is 15.0. The van der Waals surface area contributed by atoms with E-state index in [1.54, 1.807) is 36.9 Å². The summed E-state index contributed by atoms with van der Waals surface area (Å²) in [6.45, 7) is 1.66. The second kappa shape index (κ2) is 6.11. The Morgan fingerprint density at radius 1 is 1.13 bits per heavy atom. The predicted octanol–water partition coefficient (Wildman–Crippen LogP) is 5.77. The monoisotopic (exact) mass is 337 g/mol. The van der Waals surface area contributed by atoms with Crippen LogP contribution >= 0.6 is 11.8 Å². The first-order valence-corrected chi connectivity index (χ1v) is 8.53. The van der Waals surface area contributed by atoms with E-state index in [0.717, 1.165) is 22.6 Å². The molecular formula is C18H18F3NS. The molecule has 5 heteroatoms. The van der Waals surface area contributed by atoms with Gasteiger partial charge in [-0.3, -0.25) is 0 Å². The van der Waals surface area contributed by atoms with E-state index in [9.17, 15) is 13.2 Å². The van der Waals surface area contributed by atoms with Crippen molar-refractivity contribution in [2.75, 3.05) is 11.5 Å². The molecule has 0 unspecified atom stereocenters. The van der Waals surface area contributed by atoms with Crippen LogP contribution in [0.5, 0.6) is 0 Å². The second-order valence-electron chi connectivity index (χ2n) is 6.04. The highest BCUT2D eigenvalue weighted by atomic mass is 32.2. The van der Waals surface area contributed by atoms with E-state index in [1.165, 1.54) is 12.8 Å². The van der Waals surface area contributed by atoms with Gasteiger partial charge in [0.05, 0.1) is 5.56 Å². The Morgan fingerprint density at radius 2 is 1.78 bits per heavy atom. The molecule has 0 atom stereocenters. The van der Waals surface area contributed by atoms with Gasteiger partial charge in [-0.2, -0.15) is 13.2 Å². The largest absolute Gasteiger partial charge is 0.417 e. The van der Waals surface area contributed by atoms with Crippen LogP contribution in [0.1, 0.15) is 24.0 Å². The van der Waals surface area contributed by atoms with Gasteiger partial charge in [0.15, 0.2) is 0 Å². The van der Waals surface area contributed by atoms with Crippen LogP contribution in [0.4, 0.5) is 18.9 Å². The molecule has 122 valence electrons. The molecule has 2 aromatic rings. The van der Waals surface area contributed by atoms with E-state index < -0.39 is 11.7 Å². The zero-order chi connectivity index (χ0) is 16.6. The van der Waals surface area contributed by atoms with Crippen molar-refractivity contribution in [2.45, 2.75) is 30.8 Å². The molecule has 0 spiro atoms. The Balaban J connectivity index is 1.93. The van der Waals surface area contributed by atoms with Crippen LogP contribution < -0.4 is 5.73 Å². The van der Waals surface area contributed by atoms with Gasteiger partial charge < -0.3 is 5.73 Å². The van der Waals surface area contributed by atoms with Crippen LogP contribution in [0.3, 0.4) is 0 Å². The lowest BCUT2D eigenvalue weighted by Crippen LogP contribution is -2.09. The Morgan fingerprint density at radius 3 is 2.35 bits per heavy atom. The third-order valence-electron chi connectivity index (χ3n) is 3.99. The Kier molecular flexibility index (Phi) is 4.32. The molecule has 1 fully saturated rings. The fourth-order valence-corrected chi connectivity index (χ4v) is 3.73. The molecule has 0 radical (unpaired) electrons. The molecule has 0 heterocycles. The maximum atomic E-state index is 13.3. The number of hydrogen-bond acceptors (Lipinski definition) is 2. The summed E-state index contributed by atoms with van der Waals surface area (Å²) in [7, 11) is 0. The van der Waals surface area contributed by atoms with E-state index in [2.05, 4.69) is 0 Å². The zero-order valence-corrected chi connectivity index (χ0v) is 13.6. The quantitative estimate of drug-likeness (QED) is 0.566. The summed E-state index contributed by atoms with van der Waals surface area (Å²) in [5.41, 5.74) is 6.38. The van der Waals surface area contributed by atoms with Crippen LogP contribution in [-0.4, -0.2) is 5.75 Å². The average molecular weight is 337 g/mol. The molecule has 23 heavy (non-hydrogen) atoms. The number of benzene rings is 2. The Hall–Kier alpha value is -1.62. The van der Waals surface area contributed by atoms with E-state index in [4.69, 9.17) is 5.73 Å². The molecule has 0 amide bonds. The summed E-state index contributed by atoms with van der Waals surface area (Å²) in [6, 6.07) is 9.93. The number of nitrogen functional groups attached to an aromatic ring is 1. The van der Waals surface area contributed by atoms with E-state index in [0.29, 0.717) is 11.1 Å². The number of aryl methyl sites for hydroxylation is 1. The number of rotatable bonds is 4. The van der Waals surface area contributed by atoms with Crippen molar-refractivity contribution >= 4 is 17.4 Å². The summed E-state index contributed by atoms with van der Waals surface area (Å²) in [6.07, 6.45) is -1.83. The number of halogens is 3. The number of anilines is 1. The summed E-state index contributed by atoms with van der Waals surface area (Å²) in [5, 5.41) is 0. The predicted molar refractivity (Wildman–Crippen MR) is 89.5 cm³/mol. The van der Waals surface area contributed by atoms with Gasteiger partial charge in [0.2, 0.25) is 0 Å². The van der Waals surface area contributed by atoms with Gasteiger partial charge in [0, 0.05) is 16.3 Å². The SMILES string of the molecule is Cc1cc(N)cc(C(F)(F)F)c1-c1ccc(SCC2CC2)cc1. The third-order valence-corrected chi connectivity index (χ3v) is 5.23. The van der Waals surface area contributed by atoms with E-state index in [-0.39, 0.29) is 11.3 Å². The lowest BCUT2D eigenvalue weighted by Gasteiger charge is -2.17. The zero-order valence-electron chi connectivity index (χ0n) is 12.8. The first-order chi connectivity index (χ1) is 10.8. The molecule has 3 rings (SSSR count). The van der Waals surface area contributed by atoms with Crippen LogP contribution in [0.2, 0.25) is 0 Å². The van der Waals surface area contributed by atoms with Gasteiger partial charge in [-0.25, -0.2) is 0 Å². The van der Waals surface area contributed by atoms with Crippen molar-refractivity contribution in [3.05, 3.63) is 47.5 Å². The second-order valence-corrected chi connectivity index (χ2v) is 7.13. The number of nitrogens with two attached hydrogens (primary N) is 1. The fraction of sp³-hybridized carbons (Fsp3) is 0.333. The van der Waals surface area contributed by atoms with Crippen LogP contribution in [0, 0.1) is 12.8 Å². The van der Waals surface area contributed by atoms with Crippen LogP contribution in [-0.2, 0) is 6.18 Å². The molecule has 2 aromatic carbocycles. The molecular weight excluding hydrogens is 319 g/mol. The molecule has 1 aliphatic carbocycles. The van der Waals surface area contributed by atoms with Crippen molar-refractivity contribution in [3.8, 4) is 11.1 Å². The van der Waals surface area contributed by atoms with Gasteiger partial charge in [-0.05, 0) is 66.6 Å². The molecule has 0 aromatic heterocycles. The molecule has 2 N–H and O–H groups in total. The first kappa shape index (κ1) is 16.2.